The number of rotatable bonds is 6. The molecule has 0 fully saturated rings. The Morgan fingerprint density at radius 1 is 1.12 bits per heavy atom. The maximum Gasteiger partial charge on any atom is 0.162 e. The van der Waals surface area contributed by atoms with E-state index in [2.05, 4.69) is 45.1 Å². The number of hydrazone groups is 1. The minimum absolute atomic E-state index is 0.280. The first kappa shape index (κ1) is 15.8. The largest absolute Gasteiger partial charge is 0.279 e. The molecule has 0 unspecified atom stereocenters. The predicted octanol–water partition coefficient (Wildman–Crippen LogP) is 3.00. The molecule has 0 radical (unpaired) electrons. The van der Waals surface area contributed by atoms with Gasteiger partial charge in [-0.15, -0.1) is 5.10 Å². The summed E-state index contributed by atoms with van der Waals surface area (Å²) < 4.78 is 14.5. The van der Waals surface area contributed by atoms with Crippen molar-refractivity contribution in [1.29, 1.82) is 0 Å². The number of aryl methyl sites for hydroxylation is 1. The zero-order valence-corrected chi connectivity index (χ0v) is 13.2. The molecule has 1 aromatic heterocycles. The maximum atomic E-state index is 12.8. The van der Waals surface area contributed by atoms with E-state index < -0.39 is 0 Å². The van der Waals surface area contributed by atoms with Gasteiger partial charge in [-0.1, -0.05) is 19.1 Å². The molecule has 122 valence electrons. The monoisotopic (exact) mass is 324 g/mol. The highest BCUT2D eigenvalue weighted by atomic mass is 19.1. The van der Waals surface area contributed by atoms with Crippen LogP contribution >= 0.6 is 0 Å². The lowest BCUT2D eigenvalue weighted by Gasteiger charge is -2.04. The van der Waals surface area contributed by atoms with Crippen LogP contribution in [0.2, 0.25) is 0 Å². The number of tetrazole rings is 1. The van der Waals surface area contributed by atoms with Gasteiger partial charge in [0.25, 0.3) is 0 Å². The van der Waals surface area contributed by atoms with Crippen LogP contribution in [-0.2, 0) is 12.8 Å². The van der Waals surface area contributed by atoms with Crippen LogP contribution in [-0.4, -0.2) is 26.4 Å². The number of halogens is 1. The minimum Gasteiger partial charge on any atom is -0.279 e. The van der Waals surface area contributed by atoms with Gasteiger partial charge in [0.05, 0.1) is 11.4 Å². The molecule has 0 aliphatic carbocycles. The van der Waals surface area contributed by atoms with Crippen molar-refractivity contribution in [2.75, 3.05) is 5.43 Å². The molecule has 6 nitrogen and oxygen atoms in total. The molecule has 1 N–H and O–H groups in total. The van der Waals surface area contributed by atoms with Crippen molar-refractivity contribution in [3.8, 4) is 5.69 Å². The van der Waals surface area contributed by atoms with Gasteiger partial charge in [0.1, 0.15) is 5.82 Å². The normalized spacial score (nSPS) is 11.1. The van der Waals surface area contributed by atoms with Gasteiger partial charge >= 0.3 is 0 Å². The summed E-state index contributed by atoms with van der Waals surface area (Å²) in [6.45, 7) is 2.11. The third-order valence-electron chi connectivity index (χ3n) is 3.53. The molecule has 0 amide bonds. The van der Waals surface area contributed by atoms with Crippen LogP contribution < -0.4 is 5.43 Å². The topological polar surface area (TPSA) is 68.0 Å². The van der Waals surface area contributed by atoms with E-state index in [1.807, 2.05) is 12.1 Å². The van der Waals surface area contributed by atoms with E-state index in [-0.39, 0.29) is 5.82 Å². The Hall–Kier alpha value is -3.09. The van der Waals surface area contributed by atoms with E-state index in [1.165, 1.54) is 17.7 Å². The van der Waals surface area contributed by atoms with Gasteiger partial charge in [-0.25, -0.2) is 4.39 Å². The number of nitrogens with one attached hydrogen (secondary N) is 1. The van der Waals surface area contributed by atoms with E-state index in [0.717, 1.165) is 12.1 Å². The van der Waals surface area contributed by atoms with Gasteiger partial charge in [-0.2, -0.15) is 9.78 Å². The fourth-order valence-electron chi connectivity index (χ4n) is 2.18. The minimum atomic E-state index is -0.280. The molecular formula is C17H17FN6. The number of hydrogen-bond donors (Lipinski definition) is 1. The van der Waals surface area contributed by atoms with Crippen molar-refractivity contribution in [3.05, 3.63) is 65.7 Å². The lowest BCUT2D eigenvalue weighted by atomic mass is 10.1. The Labute approximate surface area is 139 Å². The second-order valence-corrected chi connectivity index (χ2v) is 5.16. The number of aromatic nitrogens is 4. The summed E-state index contributed by atoms with van der Waals surface area (Å²) in [5, 5.41) is 15.9. The van der Waals surface area contributed by atoms with Gasteiger partial charge in [0.15, 0.2) is 5.82 Å². The molecule has 0 bridgehead atoms. The fraction of sp³-hybridized carbons (Fsp3) is 0.176. The SMILES string of the molecule is CCc1ccc(-n2nnnc2C/C=N/Nc2ccc(F)cc2)cc1. The van der Waals surface area contributed by atoms with Crippen molar-refractivity contribution in [2.24, 2.45) is 5.10 Å². The standard InChI is InChI=1S/C17H17FN6/c1-2-13-3-9-16(10-4-13)24-17(21-22-23-24)11-12-19-20-15-7-5-14(18)6-8-15/h3-10,12,20H,2,11H2,1H3/b19-12+. The first-order chi connectivity index (χ1) is 11.8. The maximum absolute atomic E-state index is 12.8. The van der Waals surface area contributed by atoms with Crippen LogP contribution in [0.5, 0.6) is 0 Å². The van der Waals surface area contributed by atoms with Crippen LogP contribution in [0.1, 0.15) is 18.3 Å². The van der Waals surface area contributed by atoms with Gasteiger partial charge in [-0.3, -0.25) is 5.43 Å². The molecule has 24 heavy (non-hydrogen) atoms. The van der Waals surface area contributed by atoms with Crippen LogP contribution in [0.25, 0.3) is 5.69 Å². The molecule has 0 atom stereocenters. The molecule has 2 aromatic carbocycles. The third-order valence-corrected chi connectivity index (χ3v) is 3.53. The van der Waals surface area contributed by atoms with E-state index in [4.69, 9.17) is 0 Å². The number of nitrogens with zero attached hydrogens (tertiary/aromatic N) is 5. The number of anilines is 1. The Bertz CT molecular complexity index is 808. The van der Waals surface area contributed by atoms with Crippen molar-refractivity contribution < 1.29 is 4.39 Å². The summed E-state index contributed by atoms with van der Waals surface area (Å²) in [4.78, 5) is 0. The van der Waals surface area contributed by atoms with Crippen molar-refractivity contribution in [3.63, 3.8) is 0 Å². The Kier molecular flexibility index (Phi) is 4.90. The summed E-state index contributed by atoms with van der Waals surface area (Å²) in [6.07, 6.45) is 3.13. The molecule has 0 saturated carbocycles. The van der Waals surface area contributed by atoms with Crippen molar-refractivity contribution >= 4 is 11.9 Å². The van der Waals surface area contributed by atoms with Gasteiger partial charge in [0.2, 0.25) is 0 Å². The van der Waals surface area contributed by atoms with E-state index in [9.17, 15) is 4.39 Å². The summed E-state index contributed by atoms with van der Waals surface area (Å²) >= 11 is 0. The first-order valence-electron chi connectivity index (χ1n) is 7.66. The first-order valence-corrected chi connectivity index (χ1v) is 7.66. The van der Waals surface area contributed by atoms with E-state index >= 15 is 0 Å². The summed E-state index contributed by atoms with van der Waals surface area (Å²) in [7, 11) is 0. The summed E-state index contributed by atoms with van der Waals surface area (Å²) in [5.41, 5.74) is 5.72. The van der Waals surface area contributed by atoms with Crippen LogP contribution in [0.3, 0.4) is 0 Å². The molecule has 0 aliphatic rings. The zero-order valence-electron chi connectivity index (χ0n) is 13.2. The molecule has 7 heteroatoms. The average Bonchev–Trinajstić information content (AvgIpc) is 3.09. The third kappa shape index (κ3) is 3.81. The van der Waals surface area contributed by atoms with Crippen molar-refractivity contribution in [2.45, 2.75) is 19.8 Å². The van der Waals surface area contributed by atoms with E-state index in [0.29, 0.717) is 17.9 Å². The fourth-order valence-corrected chi connectivity index (χ4v) is 2.18. The van der Waals surface area contributed by atoms with Gasteiger partial charge < -0.3 is 0 Å². The molecule has 0 saturated heterocycles. The number of hydrogen-bond acceptors (Lipinski definition) is 5. The zero-order chi connectivity index (χ0) is 16.8. The molecular weight excluding hydrogens is 307 g/mol. The van der Waals surface area contributed by atoms with Crippen LogP contribution in [0.15, 0.2) is 53.6 Å². The second kappa shape index (κ2) is 7.45. The average molecular weight is 324 g/mol. The Morgan fingerprint density at radius 2 is 1.88 bits per heavy atom. The molecule has 3 rings (SSSR count). The quantitative estimate of drug-likeness (QED) is 0.559. The summed E-state index contributed by atoms with van der Waals surface area (Å²) in [5.74, 6) is 0.404. The lowest BCUT2D eigenvalue weighted by molar-refractivity contribution is 0.628. The molecule has 3 aromatic rings. The molecule has 1 heterocycles. The highest BCUT2D eigenvalue weighted by Gasteiger charge is 2.06. The number of benzene rings is 2. The highest BCUT2D eigenvalue weighted by Crippen LogP contribution is 2.11. The van der Waals surface area contributed by atoms with Crippen LogP contribution in [0, 0.1) is 5.82 Å². The summed E-state index contributed by atoms with van der Waals surface area (Å²) in [6, 6.07) is 14.1. The van der Waals surface area contributed by atoms with Crippen LogP contribution in [0.4, 0.5) is 10.1 Å². The smallest absolute Gasteiger partial charge is 0.162 e. The van der Waals surface area contributed by atoms with Crippen molar-refractivity contribution in [1.82, 2.24) is 20.2 Å². The second-order valence-electron chi connectivity index (χ2n) is 5.16. The Balaban J connectivity index is 1.64. The van der Waals surface area contributed by atoms with E-state index in [1.54, 1.807) is 23.0 Å². The molecule has 0 spiro atoms. The lowest BCUT2D eigenvalue weighted by Crippen LogP contribution is -2.04. The Morgan fingerprint density at radius 3 is 2.58 bits per heavy atom. The highest BCUT2D eigenvalue weighted by molar-refractivity contribution is 5.62. The molecule has 0 aliphatic heterocycles. The van der Waals surface area contributed by atoms with Gasteiger partial charge in [0, 0.05) is 12.6 Å². The predicted molar refractivity (Wildman–Crippen MR) is 90.8 cm³/mol. The van der Waals surface area contributed by atoms with Gasteiger partial charge in [-0.05, 0) is 58.8 Å².